The van der Waals surface area contributed by atoms with Crippen molar-refractivity contribution in [2.24, 2.45) is 0 Å². The van der Waals surface area contributed by atoms with Gasteiger partial charge in [0.05, 0.1) is 12.1 Å². The van der Waals surface area contributed by atoms with Crippen LogP contribution in [-0.4, -0.2) is 60.7 Å². The fourth-order valence-electron chi connectivity index (χ4n) is 5.04. The van der Waals surface area contributed by atoms with Crippen LogP contribution in [0.5, 0.6) is 5.75 Å². The minimum absolute atomic E-state index is 0.0490. The van der Waals surface area contributed by atoms with Crippen LogP contribution in [0.1, 0.15) is 34.9 Å². The molecule has 3 amide bonds. The molecule has 2 aliphatic rings. The second-order valence-corrected chi connectivity index (χ2v) is 11.1. The molecule has 1 saturated heterocycles. The number of para-hydroxylation sites is 1. The van der Waals surface area contributed by atoms with Crippen molar-refractivity contribution in [2.75, 3.05) is 38.2 Å². The van der Waals surface area contributed by atoms with Gasteiger partial charge in [0.1, 0.15) is 18.9 Å². The van der Waals surface area contributed by atoms with Crippen LogP contribution < -0.4 is 10.1 Å². The van der Waals surface area contributed by atoms with E-state index in [1.54, 1.807) is 40.5 Å². The molecule has 0 radical (unpaired) electrons. The maximum atomic E-state index is 13.8. The van der Waals surface area contributed by atoms with Crippen LogP contribution in [0, 0.1) is 6.92 Å². The summed E-state index contributed by atoms with van der Waals surface area (Å²) in [6.45, 7) is 3.91. The predicted molar refractivity (Wildman–Crippen MR) is 150 cm³/mol. The molecule has 1 N–H and O–H groups in total. The Balaban J connectivity index is 1.33. The molecule has 0 saturated carbocycles. The molecule has 38 heavy (non-hydrogen) atoms. The van der Waals surface area contributed by atoms with E-state index < -0.39 is 0 Å². The Morgan fingerprint density at radius 2 is 2.08 bits per heavy atom. The van der Waals surface area contributed by atoms with Gasteiger partial charge in [-0.25, -0.2) is 4.79 Å². The number of amides is 3. The van der Waals surface area contributed by atoms with Crippen molar-refractivity contribution in [2.45, 2.75) is 38.3 Å². The van der Waals surface area contributed by atoms with Crippen LogP contribution in [0.4, 0.5) is 10.5 Å². The first kappa shape index (κ1) is 26.5. The Morgan fingerprint density at radius 1 is 1.21 bits per heavy atom. The molecule has 5 rings (SSSR count). The molecule has 1 fully saturated rings. The van der Waals surface area contributed by atoms with Crippen LogP contribution >= 0.6 is 22.9 Å². The highest BCUT2D eigenvalue weighted by Crippen LogP contribution is 2.34. The van der Waals surface area contributed by atoms with Gasteiger partial charge in [-0.05, 0) is 73.0 Å². The molecule has 3 heterocycles. The van der Waals surface area contributed by atoms with Gasteiger partial charge in [0, 0.05) is 35.3 Å². The molecule has 3 aromatic rings. The number of hydrogen-bond donors (Lipinski definition) is 1. The third-order valence-corrected chi connectivity index (χ3v) is 8.27. The molecule has 7 nitrogen and oxygen atoms in total. The molecule has 2 atom stereocenters. The van der Waals surface area contributed by atoms with Crippen molar-refractivity contribution >= 4 is 40.6 Å². The molecular formula is C29H32ClN3O4S. The van der Waals surface area contributed by atoms with Crippen molar-refractivity contribution in [1.29, 1.82) is 0 Å². The van der Waals surface area contributed by atoms with E-state index in [0.29, 0.717) is 37.0 Å². The Morgan fingerprint density at radius 3 is 2.87 bits per heavy atom. The summed E-state index contributed by atoms with van der Waals surface area (Å²) in [4.78, 5) is 31.8. The number of nitrogens with one attached hydrogen (secondary N) is 1. The van der Waals surface area contributed by atoms with E-state index >= 15 is 0 Å². The number of fused-ring (bicyclic) bond motifs is 1. The summed E-state index contributed by atoms with van der Waals surface area (Å²) in [5.41, 5.74) is 2.75. The first-order valence-electron chi connectivity index (χ1n) is 12.9. The zero-order valence-corrected chi connectivity index (χ0v) is 23.0. The maximum absolute atomic E-state index is 13.8. The third-order valence-electron chi connectivity index (χ3n) is 7.04. The highest BCUT2D eigenvalue weighted by molar-refractivity contribution is 7.10. The fourth-order valence-corrected chi connectivity index (χ4v) is 6.16. The Kier molecular flexibility index (Phi) is 8.51. The van der Waals surface area contributed by atoms with Gasteiger partial charge in [0.15, 0.2) is 0 Å². The number of urea groups is 1. The van der Waals surface area contributed by atoms with E-state index in [4.69, 9.17) is 21.1 Å². The molecule has 0 spiro atoms. The molecule has 9 heteroatoms. The molecule has 0 unspecified atom stereocenters. The molecule has 2 aromatic carbocycles. The van der Waals surface area contributed by atoms with Gasteiger partial charge in [-0.1, -0.05) is 35.9 Å². The van der Waals surface area contributed by atoms with Gasteiger partial charge in [-0.15, -0.1) is 11.3 Å². The zero-order chi connectivity index (χ0) is 26.5. The number of hydrogen-bond acceptors (Lipinski definition) is 5. The number of ether oxygens (including phenoxy) is 2. The Bertz CT molecular complexity index is 1280. The minimum atomic E-state index is -0.350. The Labute approximate surface area is 232 Å². The number of anilines is 1. The molecule has 1 aromatic heterocycles. The van der Waals surface area contributed by atoms with E-state index in [0.717, 1.165) is 36.1 Å². The first-order chi connectivity index (χ1) is 18.5. The quantitative estimate of drug-likeness (QED) is 0.375. The second-order valence-electron chi connectivity index (χ2n) is 9.68. The van der Waals surface area contributed by atoms with Gasteiger partial charge in [0.2, 0.25) is 5.91 Å². The smallest absolute Gasteiger partial charge is 0.322 e. The van der Waals surface area contributed by atoms with Gasteiger partial charge in [-0.2, -0.15) is 0 Å². The summed E-state index contributed by atoms with van der Waals surface area (Å²) in [6.07, 6.45) is 2.52. The number of halogens is 1. The topological polar surface area (TPSA) is 71.1 Å². The number of rotatable bonds is 8. The summed E-state index contributed by atoms with van der Waals surface area (Å²) in [7, 11) is 0. The maximum Gasteiger partial charge on any atom is 0.322 e. The number of nitrogens with zero attached hydrogens (tertiary/aromatic N) is 2. The van der Waals surface area contributed by atoms with E-state index in [9.17, 15) is 9.59 Å². The monoisotopic (exact) mass is 553 g/mol. The van der Waals surface area contributed by atoms with Gasteiger partial charge < -0.3 is 24.6 Å². The van der Waals surface area contributed by atoms with Crippen LogP contribution in [0.25, 0.3) is 0 Å². The van der Waals surface area contributed by atoms with E-state index in [1.165, 1.54) is 4.88 Å². The van der Waals surface area contributed by atoms with Crippen molar-refractivity contribution in [3.8, 4) is 5.75 Å². The number of benzene rings is 2. The lowest BCUT2D eigenvalue weighted by molar-refractivity contribution is -0.135. The standard InChI is InChI=1S/C29H32ClN3O4S/c1-20-6-2-3-10-26(20)37-19-25-24-12-15-38-27(24)11-13-33(25)28(34)18-32(17-23-9-5-14-36-23)29(35)31-22-8-4-7-21(30)16-22/h2-4,6-8,10,12,15-16,23,25H,5,9,11,13-14,17-19H2,1H3,(H,31,35)/t23-,25+/m1/s1. The molecule has 2 aliphatic heterocycles. The number of carbonyl (C=O) groups excluding carboxylic acids is 2. The highest BCUT2D eigenvalue weighted by atomic mass is 35.5. The summed E-state index contributed by atoms with van der Waals surface area (Å²) >= 11 is 7.82. The lowest BCUT2D eigenvalue weighted by Crippen LogP contribution is -2.50. The van der Waals surface area contributed by atoms with Crippen molar-refractivity contribution in [3.63, 3.8) is 0 Å². The fraction of sp³-hybridized carbons (Fsp3) is 0.379. The van der Waals surface area contributed by atoms with E-state index in [1.807, 2.05) is 36.1 Å². The van der Waals surface area contributed by atoms with Crippen LogP contribution in [0.15, 0.2) is 60.0 Å². The average molecular weight is 554 g/mol. The van der Waals surface area contributed by atoms with Crippen molar-refractivity contribution in [1.82, 2.24) is 9.80 Å². The lowest BCUT2D eigenvalue weighted by Gasteiger charge is -2.37. The van der Waals surface area contributed by atoms with Crippen molar-refractivity contribution < 1.29 is 19.1 Å². The van der Waals surface area contributed by atoms with E-state index in [2.05, 4.69) is 16.8 Å². The average Bonchev–Trinajstić information content (AvgIpc) is 3.60. The second kappa shape index (κ2) is 12.2. The summed E-state index contributed by atoms with van der Waals surface area (Å²) in [5, 5.41) is 5.49. The summed E-state index contributed by atoms with van der Waals surface area (Å²) < 4.78 is 12.0. The first-order valence-corrected chi connectivity index (χ1v) is 14.2. The lowest BCUT2D eigenvalue weighted by atomic mass is 10.0. The number of thiophene rings is 1. The molecular weight excluding hydrogens is 522 g/mol. The van der Waals surface area contributed by atoms with Gasteiger partial charge in [0.25, 0.3) is 0 Å². The normalized spacial score (nSPS) is 18.6. The summed E-state index contributed by atoms with van der Waals surface area (Å²) in [6, 6.07) is 16.4. The molecule has 0 bridgehead atoms. The van der Waals surface area contributed by atoms with Crippen LogP contribution in [-0.2, 0) is 16.0 Å². The Hall–Kier alpha value is -3.07. The SMILES string of the molecule is Cc1ccccc1OC[C@H]1c2ccsc2CCN1C(=O)CN(C[C@H]1CCCO1)C(=O)Nc1cccc(Cl)c1. The molecule has 0 aliphatic carbocycles. The van der Waals surface area contributed by atoms with Crippen molar-refractivity contribution in [3.05, 3.63) is 81.0 Å². The van der Waals surface area contributed by atoms with Gasteiger partial charge >= 0.3 is 6.03 Å². The zero-order valence-electron chi connectivity index (χ0n) is 21.4. The van der Waals surface area contributed by atoms with E-state index in [-0.39, 0.29) is 30.6 Å². The van der Waals surface area contributed by atoms with Crippen LogP contribution in [0.2, 0.25) is 5.02 Å². The number of carbonyl (C=O) groups is 2. The summed E-state index contributed by atoms with van der Waals surface area (Å²) in [5.74, 6) is 0.697. The van der Waals surface area contributed by atoms with Crippen LogP contribution in [0.3, 0.4) is 0 Å². The third kappa shape index (κ3) is 6.31. The highest BCUT2D eigenvalue weighted by Gasteiger charge is 2.34. The molecule has 200 valence electrons. The largest absolute Gasteiger partial charge is 0.491 e. The minimum Gasteiger partial charge on any atom is -0.491 e. The van der Waals surface area contributed by atoms with Gasteiger partial charge in [-0.3, -0.25) is 4.79 Å². The number of aryl methyl sites for hydroxylation is 1. The predicted octanol–water partition coefficient (Wildman–Crippen LogP) is 5.93.